The van der Waals surface area contributed by atoms with Gasteiger partial charge < -0.3 is 14.9 Å². The molecule has 0 saturated heterocycles. The van der Waals surface area contributed by atoms with Crippen molar-refractivity contribution in [2.75, 3.05) is 6.54 Å². The molecule has 0 aliphatic rings. The van der Waals surface area contributed by atoms with E-state index in [2.05, 4.69) is 10.5 Å². The second kappa shape index (κ2) is 6.39. The molecule has 1 rings (SSSR count). The van der Waals surface area contributed by atoms with Crippen LogP contribution in [0.5, 0.6) is 0 Å². The Morgan fingerprint density at radius 1 is 1.59 bits per heavy atom. The first-order valence-electron chi connectivity index (χ1n) is 5.84. The van der Waals surface area contributed by atoms with E-state index in [4.69, 9.17) is 9.63 Å². The van der Waals surface area contributed by atoms with E-state index in [1.807, 2.05) is 20.8 Å². The topological polar surface area (TPSA) is 75.4 Å². The lowest BCUT2D eigenvalue weighted by Gasteiger charge is -2.15. The van der Waals surface area contributed by atoms with Crippen molar-refractivity contribution in [3.05, 3.63) is 17.5 Å². The SMILES string of the molecule is Cc1nocc1CNCC(CC(C)C)C(=O)O. The summed E-state index contributed by atoms with van der Waals surface area (Å²) in [5.41, 5.74) is 1.81. The standard InChI is InChI=1S/C12H20N2O3/c1-8(2)4-10(12(15)16)5-13-6-11-7-17-14-9(11)3/h7-8,10,13H,4-6H2,1-3H3,(H,15,16). The van der Waals surface area contributed by atoms with E-state index < -0.39 is 5.97 Å². The smallest absolute Gasteiger partial charge is 0.307 e. The highest BCUT2D eigenvalue weighted by Crippen LogP contribution is 2.11. The summed E-state index contributed by atoms with van der Waals surface area (Å²) in [5.74, 6) is -0.696. The molecule has 0 aromatic carbocycles. The van der Waals surface area contributed by atoms with Crippen molar-refractivity contribution in [1.82, 2.24) is 10.5 Å². The fourth-order valence-electron chi connectivity index (χ4n) is 1.70. The molecule has 17 heavy (non-hydrogen) atoms. The lowest BCUT2D eigenvalue weighted by molar-refractivity contribution is -0.142. The highest BCUT2D eigenvalue weighted by Gasteiger charge is 2.18. The largest absolute Gasteiger partial charge is 0.481 e. The molecule has 0 amide bonds. The van der Waals surface area contributed by atoms with Gasteiger partial charge in [-0.3, -0.25) is 4.79 Å². The normalized spacial score (nSPS) is 12.9. The molecular weight excluding hydrogens is 220 g/mol. The van der Waals surface area contributed by atoms with Crippen LogP contribution in [-0.2, 0) is 11.3 Å². The molecule has 1 aromatic heterocycles. The van der Waals surface area contributed by atoms with Gasteiger partial charge in [0.2, 0.25) is 0 Å². The van der Waals surface area contributed by atoms with Gasteiger partial charge in [0, 0.05) is 18.7 Å². The third-order valence-corrected chi connectivity index (χ3v) is 2.66. The van der Waals surface area contributed by atoms with Crippen LogP contribution in [0.4, 0.5) is 0 Å². The summed E-state index contributed by atoms with van der Waals surface area (Å²) < 4.78 is 4.81. The first-order valence-corrected chi connectivity index (χ1v) is 5.84. The predicted molar refractivity (Wildman–Crippen MR) is 63.5 cm³/mol. The third-order valence-electron chi connectivity index (χ3n) is 2.66. The van der Waals surface area contributed by atoms with Crippen molar-refractivity contribution in [2.45, 2.75) is 33.7 Å². The number of hydrogen-bond acceptors (Lipinski definition) is 4. The molecule has 0 fully saturated rings. The summed E-state index contributed by atoms with van der Waals surface area (Å²) in [4.78, 5) is 11.0. The minimum Gasteiger partial charge on any atom is -0.481 e. The van der Waals surface area contributed by atoms with Crippen LogP contribution in [0.2, 0.25) is 0 Å². The maximum atomic E-state index is 11.0. The molecule has 0 saturated carbocycles. The summed E-state index contributed by atoms with van der Waals surface area (Å²) in [6.45, 7) is 6.98. The van der Waals surface area contributed by atoms with E-state index in [0.717, 1.165) is 11.3 Å². The van der Waals surface area contributed by atoms with Crippen LogP contribution in [0, 0.1) is 18.8 Å². The number of aliphatic carboxylic acids is 1. The van der Waals surface area contributed by atoms with Crippen LogP contribution in [-0.4, -0.2) is 22.8 Å². The molecule has 1 atom stereocenters. The fraction of sp³-hybridized carbons (Fsp3) is 0.667. The van der Waals surface area contributed by atoms with E-state index in [1.165, 1.54) is 0 Å². The van der Waals surface area contributed by atoms with Crippen LogP contribution in [0.15, 0.2) is 10.8 Å². The minimum absolute atomic E-state index is 0.338. The van der Waals surface area contributed by atoms with Gasteiger partial charge in [0.1, 0.15) is 6.26 Å². The van der Waals surface area contributed by atoms with Crippen LogP contribution in [0.25, 0.3) is 0 Å². The number of nitrogens with one attached hydrogen (secondary N) is 1. The average Bonchev–Trinajstić information content (AvgIpc) is 2.62. The molecule has 2 N–H and O–H groups in total. The number of carboxylic acid groups (broad SMARTS) is 1. The fourth-order valence-corrected chi connectivity index (χ4v) is 1.70. The van der Waals surface area contributed by atoms with E-state index in [9.17, 15) is 4.79 Å². The number of carboxylic acids is 1. The Bertz CT molecular complexity index is 360. The Balaban J connectivity index is 2.37. The van der Waals surface area contributed by atoms with Crippen molar-refractivity contribution >= 4 is 5.97 Å². The Hall–Kier alpha value is -1.36. The van der Waals surface area contributed by atoms with Crippen LogP contribution in [0.1, 0.15) is 31.5 Å². The quantitative estimate of drug-likeness (QED) is 0.760. The van der Waals surface area contributed by atoms with E-state index in [0.29, 0.717) is 25.4 Å². The molecule has 0 bridgehead atoms. The van der Waals surface area contributed by atoms with Gasteiger partial charge in [0.25, 0.3) is 0 Å². The summed E-state index contributed by atoms with van der Waals surface area (Å²) in [5, 5.41) is 16.0. The molecular formula is C12H20N2O3. The van der Waals surface area contributed by atoms with Crippen molar-refractivity contribution < 1.29 is 14.4 Å². The second-order valence-corrected chi connectivity index (χ2v) is 4.72. The number of aryl methyl sites for hydroxylation is 1. The molecule has 5 heteroatoms. The number of nitrogens with zero attached hydrogens (tertiary/aromatic N) is 1. The molecule has 5 nitrogen and oxygen atoms in total. The number of rotatable bonds is 7. The van der Waals surface area contributed by atoms with Gasteiger partial charge in [0.15, 0.2) is 0 Å². The van der Waals surface area contributed by atoms with Gasteiger partial charge >= 0.3 is 5.97 Å². The lowest BCUT2D eigenvalue weighted by atomic mass is 9.97. The first-order chi connectivity index (χ1) is 8.00. The molecule has 96 valence electrons. The molecule has 0 aliphatic carbocycles. The highest BCUT2D eigenvalue weighted by atomic mass is 16.5. The molecule has 1 unspecified atom stereocenters. The van der Waals surface area contributed by atoms with E-state index >= 15 is 0 Å². The Morgan fingerprint density at radius 3 is 2.76 bits per heavy atom. The van der Waals surface area contributed by atoms with Gasteiger partial charge in [-0.25, -0.2) is 0 Å². The lowest BCUT2D eigenvalue weighted by Crippen LogP contribution is -2.29. The van der Waals surface area contributed by atoms with Gasteiger partial charge in [-0.15, -0.1) is 0 Å². The highest BCUT2D eigenvalue weighted by molar-refractivity contribution is 5.70. The third kappa shape index (κ3) is 4.56. The number of carbonyl (C=O) groups is 1. The maximum absolute atomic E-state index is 11.0. The Morgan fingerprint density at radius 2 is 2.29 bits per heavy atom. The van der Waals surface area contributed by atoms with Gasteiger partial charge in [-0.2, -0.15) is 0 Å². The van der Waals surface area contributed by atoms with Crippen molar-refractivity contribution in [3.63, 3.8) is 0 Å². The van der Waals surface area contributed by atoms with Crippen molar-refractivity contribution in [1.29, 1.82) is 0 Å². The van der Waals surface area contributed by atoms with Crippen LogP contribution >= 0.6 is 0 Å². The number of hydrogen-bond donors (Lipinski definition) is 2. The predicted octanol–water partition coefficient (Wildman–Crippen LogP) is 1.82. The van der Waals surface area contributed by atoms with Crippen LogP contribution in [0.3, 0.4) is 0 Å². The summed E-state index contributed by atoms with van der Waals surface area (Å²) in [6, 6.07) is 0. The van der Waals surface area contributed by atoms with E-state index in [1.54, 1.807) is 6.26 Å². The monoisotopic (exact) mass is 240 g/mol. The van der Waals surface area contributed by atoms with Crippen molar-refractivity contribution in [3.8, 4) is 0 Å². The molecule has 1 heterocycles. The van der Waals surface area contributed by atoms with Gasteiger partial charge in [0.05, 0.1) is 11.6 Å². The minimum atomic E-state index is -0.742. The van der Waals surface area contributed by atoms with E-state index in [-0.39, 0.29) is 5.92 Å². The second-order valence-electron chi connectivity index (χ2n) is 4.72. The summed E-state index contributed by atoms with van der Waals surface area (Å²) in [7, 11) is 0. The zero-order valence-electron chi connectivity index (χ0n) is 10.6. The van der Waals surface area contributed by atoms with Gasteiger partial charge in [-0.1, -0.05) is 19.0 Å². The van der Waals surface area contributed by atoms with Crippen molar-refractivity contribution in [2.24, 2.45) is 11.8 Å². The van der Waals surface area contributed by atoms with Gasteiger partial charge in [-0.05, 0) is 19.3 Å². The molecule has 0 aliphatic heterocycles. The molecule has 1 aromatic rings. The Kier molecular flexibility index (Phi) is 5.15. The number of aromatic nitrogens is 1. The zero-order chi connectivity index (χ0) is 12.8. The summed E-state index contributed by atoms with van der Waals surface area (Å²) >= 11 is 0. The van der Waals surface area contributed by atoms with Crippen LogP contribution < -0.4 is 5.32 Å². The molecule has 0 spiro atoms. The average molecular weight is 240 g/mol. The summed E-state index contributed by atoms with van der Waals surface area (Å²) in [6.07, 6.45) is 2.27. The Labute approximate surface area is 101 Å². The first kappa shape index (κ1) is 13.7. The maximum Gasteiger partial charge on any atom is 0.307 e. The zero-order valence-corrected chi connectivity index (χ0v) is 10.6. The molecule has 0 radical (unpaired) electrons.